The lowest BCUT2D eigenvalue weighted by Crippen LogP contribution is -2.40. The summed E-state index contributed by atoms with van der Waals surface area (Å²) in [6, 6.07) is 1.61. The molecule has 1 N–H and O–H groups in total. The van der Waals surface area contributed by atoms with Crippen LogP contribution in [-0.2, 0) is 7.05 Å². The molecule has 1 saturated heterocycles. The molecule has 0 unspecified atom stereocenters. The van der Waals surface area contributed by atoms with Gasteiger partial charge in [-0.25, -0.2) is 14.8 Å². The van der Waals surface area contributed by atoms with E-state index in [0.29, 0.717) is 17.6 Å². The topological polar surface area (TPSA) is 75.9 Å². The molecule has 2 amide bonds. The van der Waals surface area contributed by atoms with Gasteiger partial charge in [-0.15, -0.1) is 0 Å². The summed E-state index contributed by atoms with van der Waals surface area (Å²) < 4.78 is 1.83. The Hall–Kier alpha value is -2.44. The fourth-order valence-corrected chi connectivity index (χ4v) is 2.78. The highest BCUT2D eigenvalue weighted by atomic mass is 16.2. The van der Waals surface area contributed by atoms with Crippen molar-refractivity contribution in [1.29, 1.82) is 0 Å². The van der Waals surface area contributed by atoms with Crippen molar-refractivity contribution in [2.45, 2.75) is 25.7 Å². The first-order valence-electron chi connectivity index (χ1n) is 7.46. The number of rotatable bonds is 2. The Bertz CT molecular complexity index is 660. The van der Waals surface area contributed by atoms with Crippen LogP contribution in [0.1, 0.15) is 30.1 Å². The molecule has 2 aromatic rings. The number of amides is 2. The van der Waals surface area contributed by atoms with Gasteiger partial charge in [0.1, 0.15) is 11.6 Å². The number of piperidine rings is 1. The second-order valence-electron chi connectivity index (χ2n) is 5.63. The van der Waals surface area contributed by atoms with Crippen molar-refractivity contribution in [3.8, 4) is 0 Å². The number of nitrogens with zero attached hydrogens (tertiary/aromatic N) is 5. The molecule has 116 valence electrons. The molecule has 0 aromatic carbocycles. The van der Waals surface area contributed by atoms with Crippen LogP contribution in [0, 0.1) is 6.92 Å². The van der Waals surface area contributed by atoms with Crippen molar-refractivity contribution in [1.82, 2.24) is 24.6 Å². The van der Waals surface area contributed by atoms with Gasteiger partial charge >= 0.3 is 6.03 Å². The molecule has 0 radical (unpaired) electrons. The number of anilines is 1. The molecule has 22 heavy (non-hydrogen) atoms. The van der Waals surface area contributed by atoms with Gasteiger partial charge in [0.15, 0.2) is 0 Å². The lowest BCUT2D eigenvalue weighted by molar-refractivity contribution is 0.194. The summed E-state index contributed by atoms with van der Waals surface area (Å²) in [5, 5.41) is 7.05. The molecule has 3 heterocycles. The Labute approximate surface area is 129 Å². The third-order valence-corrected chi connectivity index (χ3v) is 3.99. The van der Waals surface area contributed by atoms with E-state index in [1.54, 1.807) is 19.2 Å². The molecule has 2 aromatic heterocycles. The van der Waals surface area contributed by atoms with Crippen LogP contribution in [-0.4, -0.2) is 43.8 Å². The fourth-order valence-electron chi connectivity index (χ4n) is 2.78. The minimum Gasteiger partial charge on any atom is -0.324 e. The average molecular weight is 300 g/mol. The zero-order chi connectivity index (χ0) is 15.5. The van der Waals surface area contributed by atoms with Gasteiger partial charge in [-0.05, 0) is 37.3 Å². The van der Waals surface area contributed by atoms with Crippen LogP contribution in [0.3, 0.4) is 0 Å². The summed E-state index contributed by atoms with van der Waals surface area (Å²) in [6.07, 6.45) is 7.55. The normalized spacial score (nSPS) is 15.8. The molecule has 3 rings (SSSR count). The summed E-state index contributed by atoms with van der Waals surface area (Å²) in [7, 11) is 1.93. The monoisotopic (exact) mass is 300 g/mol. The number of hydrogen-bond donors (Lipinski definition) is 1. The van der Waals surface area contributed by atoms with Gasteiger partial charge in [0.2, 0.25) is 0 Å². The first-order valence-corrected chi connectivity index (χ1v) is 7.46. The molecule has 1 aliphatic rings. The van der Waals surface area contributed by atoms with E-state index in [0.717, 1.165) is 25.9 Å². The van der Waals surface area contributed by atoms with Crippen molar-refractivity contribution >= 4 is 11.8 Å². The molecule has 7 heteroatoms. The maximum atomic E-state index is 12.3. The summed E-state index contributed by atoms with van der Waals surface area (Å²) in [5.41, 5.74) is 1.26. The second-order valence-corrected chi connectivity index (χ2v) is 5.63. The van der Waals surface area contributed by atoms with Crippen LogP contribution >= 0.6 is 0 Å². The standard InChI is InChI=1S/C15H20N6O/c1-11-16-6-3-14(18-11)19-15(22)21-7-4-12(5-8-21)13-9-17-20(2)10-13/h3,6,9-10,12H,4-5,7-8H2,1-2H3,(H,16,18,19,22). The first kappa shape index (κ1) is 14.5. The minimum absolute atomic E-state index is 0.0947. The number of urea groups is 1. The lowest BCUT2D eigenvalue weighted by Gasteiger charge is -2.31. The van der Waals surface area contributed by atoms with Crippen LogP contribution in [0.25, 0.3) is 0 Å². The van der Waals surface area contributed by atoms with Crippen LogP contribution < -0.4 is 5.32 Å². The van der Waals surface area contributed by atoms with Crippen molar-refractivity contribution in [3.05, 3.63) is 36.0 Å². The number of carbonyl (C=O) groups excluding carboxylic acids is 1. The van der Waals surface area contributed by atoms with E-state index >= 15 is 0 Å². The van der Waals surface area contributed by atoms with E-state index in [1.807, 2.05) is 22.8 Å². The maximum absolute atomic E-state index is 12.3. The van der Waals surface area contributed by atoms with Crippen LogP contribution in [0.15, 0.2) is 24.7 Å². The van der Waals surface area contributed by atoms with Crippen LogP contribution in [0.5, 0.6) is 0 Å². The highest BCUT2D eigenvalue weighted by Crippen LogP contribution is 2.27. The molecule has 0 saturated carbocycles. The predicted molar refractivity (Wildman–Crippen MR) is 82.5 cm³/mol. The van der Waals surface area contributed by atoms with Crippen molar-refractivity contribution in [3.63, 3.8) is 0 Å². The van der Waals surface area contributed by atoms with E-state index in [9.17, 15) is 4.79 Å². The van der Waals surface area contributed by atoms with Gasteiger partial charge < -0.3 is 4.90 Å². The first-order chi connectivity index (χ1) is 10.6. The lowest BCUT2D eigenvalue weighted by atomic mass is 9.92. The molecule has 7 nitrogen and oxygen atoms in total. The van der Waals surface area contributed by atoms with Gasteiger partial charge in [-0.1, -0.05) is 0 Å². The Kier molecular flexibility index (Phi) is 4.04. The number of nitrogens with one attached hydrogen (secondary N) is 1. The third-order valence-electron chi connectivity index (χ3n) is 3.99. The summed E-state index contributed by atoms with van der Waals surface area (Å²) >= 11 is 0. The Balaban J connectivity index is 1.55. The molecule has 1 fully saturated rings. The SMILES string of the molecule is Cc1nccc(NC(=O)N2CCC(c3cnn(C)c3)CC2)n1. The van der Waals surface area contributed by atoms with E-state index in [2.05, 4.69) is 26.6 Å². The summed E-state index contributed by atoms with van der Waals surface area (Å²) in [4.78, 5) is 22.3. The number of aryl methyl sites for hydroxylation is 2. The molecule has 0 atom stereocenters. The third kappa shape index (κ3) is 3.24. The highest BCUT2D eigenvalue weighted by molar-refractivity contribution is 5.88. The van der Waals surface area contributed by atoms with E-state index < -0.39 is 0 Å². The average Bonchev–Trinajstić information content (AvgIpc) is 2.94. The number of aromatic nitrogens is 4. The smallest absolute Gasteiger partial charge is 0.323 e. The number of likely N-dealkylation sites (tertiary alicyclic amines) is 1. The van der Waals surface area contributed by atoms with Crippen molar-refractivity contribution < 1.29 is 4.79 Å². The van der Waals surface area contributed by atoms with Gasteiger partial charge in [0.05, 0.1) is 6.20 Å². The van der Waals surface area contributed by atoms with Crippen LogP contribution in [0.2, 0.25) is 0 Å². The molecule has 0 bridgehead atoms. The Morgan fingerprint density at radius 3 is 2.77 bits per heavy atom. The van der Waals surface area contributed by atoms with Crippen molar-refractivity contribution in [2.24, 2.45) is 7.05 Å². The van der Waals surface area contributed by atoms with Gasteiger partial charge in [0.25, 0.3) is 0 Å². The van der Waals surface area contributed by atoms with E-state index in [1.165, 1.54) is 5.56 Å². The minimum atomic E-state index is -0.0947. The van der Waals surface area contributed by atoms with Gasteiger partial charge in [-0.3, -0.25) is 10.00 Å². The highest BCUT2D eigenvalue weighted by Gasteiger charge is 2.24. The molecular formula is C15H20N6O. The maximum Gasteiger partial charge on any atom is 0.323 e. The summed E-state index contributed by atoms with van der Waals surface area (Å²) in [6.45, 7) is 3.29. The molecular weight excluding hydrogens is 280 g/mol. The predicted octanol–water partition coefficient (Wildman–Crippen LogP) is 1.93. The van der Waals surface area contributed by atoms with Crippen LogP contribution in [0.4, 0.5) is 10.6 Å². The molecule has 1 aliphatic heterocycles. The zero-order valence-corrected chi connectivity index (χ0v) is 12.9. The zero-order valence-electron chi connectivity index (χ0n) is 12.9. The van der Waals surface area contributed by atoms with Crippen molar-refractivity contribution in [2.75, 3.05) is 18.4 Å². The Morgan fingerprint density at radius 2 is 2.14 bits per heavy atom. The Morgan fingerprint density at radius 1 is 1.36 bits per heavy atom. The molecule has 0 spiro atoms. The summed E-state index contributed by atoms with van der Waals surface area (Å²) in [5.74, 6) is 1.68. The van der Waals surface area contributed by atoms with Gasteiger partial charge in [-0.2, -0.15) is 5.10 Å². The van der Waals surface area contributed by atoms with E-state index in [4.69, 9.17) is 0 Å². The molecule has 0 aliphatic carbocycles. The fraction of sp³-hybridized carbons (Fsp3) is 0.467. The second kappa shape index (κ2) is 6.13. The quantitative estimate of drug-likeness (QED) is 0.919. The number of hydrogen-bond acceptors (Lipinski definition) is 4. The van der Waals surface area contributed by atoms with E-state index in [-0.39, 0.29) is 6.03 Å². The number of carbonyl (C=O) groups is 1. The largest absolute Gasteiger partial charge is 0.324 e. The van der Waals surface area contributed by atoms with Gasteiger partial charge in [0, 0.05) is 32.5 Å².